The van der Waals surface area contributed by atoms with E-state index in [1.165, 1.54) is 6.92 Å². The molecule has 0 radical (unpaired) electrons. The van der Waals surface area contributed by atoms with Crippen molar-refractivity contribution in [3.63, 3.8) is 0 Å². The Labute approximate surface area is 165 Å². The highest BCUT2D eigenvalue weighted by molar-refractivity contribution is 6.30. The van der Waals surface area contributed by atoms with Gasteiger partial charge >= 0.3 is 0 Å². The van der Waals surface area contributed by atoms with Gasteiger partial charge in [0.25, 0.3) is 5.91 Å². The number of rotatable bonds is 9. The van der Waals surface area contributed by atoms with Crippen molar-refractivity contribution in [1.29, 1.82) is 0 Å². The molecule has 0 aromatic heterocycles. The van der Waals surface area contributed by atoms with Gasteiger partial charge < -0.3 is 15.0 Å². The van der Waals surface area contributed by atoms with E-state index in [9.17, 15) is 9.59 Å². The quantitative estimate of drug-likeness (QED) is 0.717. The minimum absolute atomic E-state index is 0.0193. The van der Waals surface area contributed by atoms with Crippen LogP contribution in [0, 0.1) is 6.92 Å². The van der Waals surface area contributed by atoms with Gasteiger partial charge in [-0.3, -0.25) is 9.59 Å². The lowest BCUT2D eigenvalue weighted by Crippen LogP contribution is -2.39. The van der Waals surface area contributed by atoms with Crippen molar-refractivity contribution < 1.29 is 14.3 Å². The molecule has 0 spiro atoms. The Bertz CT molecular complexity index is 745. The van der Waals surface area contributed by atoms with Crippen molar-refractivity contribution >= 4 is 23.4 Å². The fourth-order valence-electron chi connectivity index (χ4n) is 2.51. The molecule has 0 aliphatic heterocycles. The van der Waals surface area contributed by atoms with Gasteiger partial charge in [0.1, 0.15) is 5.75 Å². The number of nitrogens with one attached hydrogen (secondary N) is 1. The molecule has 0 aliphatic carbocycles. The first-order chi connectivity index (χ1) is 12.9. The van der Waals surface area contributed by atoms with Gasteiger partial charge in [-0.1, -0.05) is 41.4 Å². The summed E-state index contributed by atoms with van der Waals surface area (Å²) in [5.41, 5.74) is 2.25. The van der Waals surface area contributed by atoms with Gasteiger partial charge in [0.05, 0.1) is 0 Å². The number of aryl methyl sites for hydroxylation is 1. The minimum Gasteiger partial charge on any atom is -0.484 e. The van der Waals surface area contributed by atoms with Crippen LogP contribution in [0.1, 0.15) is 18.1 Å². The Morgan fingerprint density at radius 2 is 1.70 bits per heavy atom. The maximum atomic E-state index is 11.9. The zero-order valence-electron chi connectivity index (χ0n) is 15.7. The molecule has 0 aliphatic rings. The third-order valence-electron chi connectivity index (χ3n) is 4.12. The maximum Gasteiger partial charge on any atom is 0.258 e. The van der Waals surface area contributed by atoms with E-state index < -0.39 is 0 Å². The summed E-state index contributed by atoms with van der Waals surface area (Å²) in [6.07, 6.45) is 0.737. The second-order valence-corrected chi connectivity index (χ2v) is 6.77. The number of amides is 2. The van der Waals surface area contributed by atoms with Crippen molar-refractivity contribution in [3.05, 3.63) is 64.7 Å². The summed E-state index contributed by atoms with van der Waals surface area (Å²) in [6, 6.07) is 15.1. The number of nitrogens with zero attached hydrogens (tertiary/aromatic N) is 1. The number of ether oxygens (including phenoxy) is 1. The van der Waals surface area contributed by atoms with Crippen LogP contribution in [0.5, 0.6) is 5.75 Å². The van der Waals surface area contributed by atoms with E-state index in [1.807, 2.05) is 55.5 Å². The zero-order chi connectivity index (χ0) is 19.6. The van der Waals surface area contributed by atoms with E-state index in [0.29, 0.717) is 30.4 Å². The van der Waals surface area contributed by atoms with Gasteiger partial charge in [-0.15, -0.1) is 0 Å². The molecule has 2 rings (SSSR count). The molecule has 2 aromatic carbocycles. The third kappa shape index (κ3) is 7.71. The number of hydrogen-bond acceptors (Lipinski definition) is 3. The SMILES string of the molecule is CC(=O)N(CCNC(=O)COc1ccc(C)cc1)CCc1ccc(Cl)cc1. The normalized spacial score (nSPS) is 10.3. The maximum absolute atomic E-state index is 11.9. The van der Waals surface area contributed by atoms with E-state index in [4.69, 9.17) is 16.3 Å². The van der Waals surface area contributed by atoms with Crippen LogP contribution in [0.15, 0.2) is 48.5 Å². The van der Waals surface area contributed by atoms with Crippen LogP contribution in [-0.4, -0.2) is 43.0 Å². The Morgan fingerprint density at radius 3 is 2.33 bits per heavy atom. The largest absolute Gasteiger partial charge is 0.484 e. The Hall–Kier alpha value is -2.53. The summed E-state index contributed by atoms with van der Waals surface area (Å²) in [6.45, 7) is 4.91. The molecule has 0 heterocycles. The second kappa shape index (κ2) is 10.6. The molecule has 6 heteroatoms. The summed E-state index contributed by atoms with van der Waals surface area (Å²) in [5.74, 6) is 0.426. The van der Waals surface area contributed by atoms with E-state index in [1.54, 1.807) is 4.90 Å². The fourth-order valence-corrected chi connectivity index (χ4v) is 2.63. The van der Waals surface area contributed by atoms with Gasteiger partial charge in [-0.2, -0.15) is 0 Å². The van der Waals surface area contributed by atoms with Gasteiger partial charge in [-0.05, 0) is 43.2 Å². The van der Waals surface area contributed by atoms with Crippen molar-refractivity contribution in [1.82, 2.24) is 10.2 Å². The highest BCUT2D eigenvalue weighted by Gasteiger charge is 2.10. The van der Waals surface area contributed by atoms with Crippen LogP contribution in [0.2, 0.25) is 5.02 Å². The van der Waals surface area contributed by atoms with Gasteiger partial charge in [0, 0.05) is 31.6 Å². The highest BCUT2D eigenvalue weighted by Crippen LogP contribution is 2.11. The molecule has 0 saturated carbocycles. The lowest BCUT2D eigenvalue weighted by atomic mass is 10.1. The smallest absolute Gasteiger partial charge is 0.258 e. The van der Waals surface area contributed by atoms with Gasteiger partial charge in [0.2, 0.25) is 5.91 Å². The van der Waals surface area contributed by atoms with E-state index in [2.05, 4.69) is 5.32 Å². The Kier molecular flexibility index (Phi) is 8.14. The lowest BCUT2D eigenvalue weighted by molar-refractivity contribution is -0.129. The summed E-state index contributed by atoms with van der Waals surface area (Å²) in [7, 11) is 0. The molecule has 0 bridgehead atoms. The first-order valence-corrected chi connectivity index (χ1v) is 9.28. The summed E-state index contributed by atoms with van der Waals surface area (Å²) in [5, 5.41) is 3.47. The van der Waals surface area contributed by atoms with Gasteiger partial charge in [-0.25, -0.2) is 0 Å². The van der Waals surface area contributed by atoms with Crippen molar-refractivity contribution in [2.24, 2.45) is 0 Å². The number of hydrogen-bond donors (Lipinski definition) is 1. The van der Waals surface area contributed by atoms with Crippen LogP contribution >= 0.6 is 11.6 Å². The number of benzene rings is 2. The van der Waals surface area contributed by atoms with Crippen molar-refractivity contribution in [3.8, 4) is 5.75 Å². The molecular weight excluding hydrogens is 364 g/mol. The number of carbonyl (C=O) groups excluding carboxylic acids is 2. The summed E-state index contributed by atoms with van der Waals surface area (Å²) < 4.78 is 5.44. The third-order valence-corrected chi connectivity index (χ3v) is 4.38. The summed E-state index contributed by atoms with van der Waals surface area (Å²) >= 11 is 5.88. The van der Waals surface area contributed by atoms with Crippen LogP contribution in [-0.2, 0) is 16.0 Å². The molecule has 2 amide bonds. The van der Waals surface area contributed by atoms with E-state index in [-0.39, 0.29) is 18.4 Å². The molecule has 1 N–H and O–H groups in total. The molecule has 0 fully saturated rings. The van der Waals surface area contributed by atoms with Crippen molar-refractivity contribution in [2.75, 3.05) is 26.2 Å². The highest BCUT2D eigenvalue weighted by atomic mass is 35.5. The molecule has 2 aromatic rings. The Morgan fingerprint density at radius 1 is 1.04 bits per heavy atom. The lowest BCUT2D eigenvalue weighted by Gasteiger charge is -2.21. The van der Waals surface area contributed by atoms with Gasteiger partial charge in [0.15, 0.2) is 6.61 Å². The molecule has 144 valence electrons. The van der Waals surface area contributed by atoms with Crippen LogP contribution in [0.25, 0.3) is 0 Å². The molecule has 0 unspecified atom stereocenters. The summed E-state index contributed by atoms with van der Waals surface area (Å²) in [4.78, 5) is 25.4. The molecular formula is C21H25ClN2O3. The first-order valence-electron chi connectivity index (χ1n) is 8.90. The average Bonchev–Trinajstić information content (AvgIpc) is 2.65. The van der Waals surface area contributed by atoms with Crippen LogP contribution in [0.3, 0.4) is 0 Å². The first kappa shape index (κ1) is 20.8. The van der Waals surface area contributed by atoms with Crippen molar-refractivity contribution in [2.45, 2.75) is 20.3 Å². The topological polar surface area (TPSA) is 58.6 Å². The molecule has 0 atom stereocenters. The van der Waals surface area contributed by atoms with Crippen LogP contribution in [0.4, 0.5) is 0 Å². The number of halogens is 1. The monoisotopic (exact) mass is 388 g/mol. The molecule has 27 heavy (non-hydrogen) atoms. The standard InChI is InChI=1S/C21H25ClN2O3/c1-16-3-9-20(10-4-16)27-15-21(26)23-12-14-24(17(2)25)13-11-18-5-7-19(22)8-6-18/h3-10H,11-15H2,1-2H3,(H,23,26). The fraction of sp³-hybridized carbons (Fsp3) is 0.333. The predicted molar refractivity (Wildman–Crippen MR) is 107 cm³/mol. The van der Waals surface area contributed by atoms with E-state index in [0.717, 1.165) is 17.5 Å². The predicted octanol–water partition coefficient (Wildman–Crippen LogP) is 3.23. The molecule has 5 nitrogen and oxygen atoms in total. The van der Waals surface area contributed by atoms with E-state index >= 15 is 0 Å². The molecule has 0 saturated heterocycles. The van der Waals surface area contributed by atoms with Crippen LogP contribution < -0.4 is 10.1 Å². The minimum atomic E-state index is -0.211. The number of carbonyl (C=O) groups is 2. The average molecular weight is 389 g/mol. The Balaban J connectivity index is 1.70. The second-order valence-electron chi connectivity index (χ2n) is 6.33. The zero-order valence-corrected chi connectivity index (χ0v) is 16.5.